The maximum Gasteiger partial charge on any atom is 0.191 e. The number of methoxy groups -OCH3 is 1. The zero-order valence-electron chi connectivity index (χ0n) is 12.5. The fraction of sp³-hybridized carbons (Fsp3) is 0.923. The van der Waals surface area contributed by atoms with Crippen LogP contribution >= 0.6 is 24.0 Å². The Morgan fingerprint density at radius 2 is 1.83 bits per heavy atom. The third-order valence-corrected chi connectivity index (χ3v) is 2.78. The van der Waals surface area contributed by atoms with Crippen LogP contribution in [0.5, 0.6) is 0 Å². The Kier molecular flexibility index (Phi) is 13.5. The van der Waals surface area contributed by atoms with E-state index >= 15 is 0 Å². The Labute approximate surface area is 129 Å². The number of guanidine groups is 1. The molecule has 0 aliphatic rings. The zero-order valence-corrected chi connectivity index (χ0v) is 14.8. The van der Waals surface area contributed by atoms with Crippen LogP contribution in [-0.2, 0) is 4.74 Å². The number of aliphatic imine (C=N–C) groups is 1. The average Bonchev–Trinajstić information content (AvgIpc) is 2.32. The van der Waals surface area contributed by atoms with E-state index in [2.05, 4.69) is 36.4 Å². The van der Waals surface area contributed by atoms with E-state index in [1.54, 1.807) is 14.2 Å². The van der Waals surface area contributed by atoms with Crippen molar-refractivity contribution in [3.05, 3.63) is 0 Å². The first kappa shape index (κ1) is 20.3. The van der Waals surface area contributed by atoms with Gasteiger partial charge >= 0.3 is 0 Å². The van der Waals surface area contributed by atoms with Crippen molar-refractivity contribution >= 4 is 29.9 Å². The quantitative estimate of drug-likeness (QED) is 0.299. The van der Waals surface area contributed by atoms with Gasteiger partial charge in [-0.15, -0.1) is 24.0 Å². The maximum absolute atomic E-state index is 5.34. The molecule has 0 aliphatic heterocycles. The molecular formula is C13H30IN3O. The van der Waals surface area contributed by atoms with Gasteiger partial charge in [0, 0.05) is 27.2 Å². The first-order valence-electron chi connectivity index (χ1n) is 6.55. The van der Waals surface area contributed by atoms with Crippen LogP contribution in [0.25, 0.3) is 0 Å². The molecule has 18 heavy (non-hydrogen) atoms. The molecular weight excluding hydrogens is 341 g/mol. The van der Waals surface area contributed by atoms with Crippen molar-refractivity contribution in [1.29, 1.82) is 0 Å². The minimum atomic E-state index is -0.167. The SMILES string of the molecule is CCCCCCNC(=NC)NCC(C)(C)OC.I. The van der Waals surface area contributed by atoms with Gasteiger partial charge in [0.25, 0.3) is 0 Å². The highest BCUT2D eigenvalue weighted by Gasteiger charge is 2.16. The monoisotopic (exact) mass is 371 g/mol. The summed E-state index contributed by atoms with van der Waals surface area (Å²) >= 11 is 0. The molecule has 0 heterocycles. The van der Waals surface area contributed by atoms with Gasteiger partial charge in [-0.25, -0.2) is 0 Å². The molecule has 0 rings (SSSR count). The first-order chi connectivity index (χ1) is 8.05. The number of hydrogen-bond acceptors (Lipinski definition) is 2. The number of hydrogen-bond donors (Lipinski definition) is 2. The van der Waals surface area contributed by atoms with Crippen molar-refractivity contribution < 1.29 is 4.74 Å². The summed E-state index contributed by atoms with van der Waals surface area (Å²) < 4.78 is 5.34. The molecule has 5 heteroatoms. The second-order valence-corrected chi connectivity index (χ2v) is 4.88. The molecule has 0 atom stereocenters. The van der Waals surface area contributed by atoms with Gasteiger partial charge in [-0.3, -0.25) is 4.99 Å². The van der Waals surface area contributed by atoms with Crippen LogP contribution in [0.2, 0.25) is 0 Å². The van der Waals surface area contributed by atoms with Gasteiger partial charge in [0.2, 0.25) is 0 Å². The summed E-state index contributed by atoms with van der Waals surface area (Å²) in [6, 6.07) is 0. The summed E-state index contributed by atoms with van der Waals surface area (Å²) in [5.41, 5.74) is -0.167. The van der Waals surface area contributed by atoms with Gasteiger partial charge in [0.15, 0.2) is 5.96 Å². The first-order valence-corrected chi connectivity index (χ1v) is 6.55. The highest BCUT2D eigenvalue weighted by Crippen LogP contribution is 2.04. The lowest BCUT2D eigenvalue weighted by Crippen LogP contribution is -2.45. The molecule has 0 spiro atoms. The van der Waals surface area contributed by atoms with Gasteiger partial charge in [-0.2, -0.15) is 0 Å². The lowest BCUT2D eigenvalue weighted by Gasteiger charge is -2.24. The summed E-state index contributed by atoms with van der Waals surface area (Å²) in [4.78, 5) is 4.18. The van der Waals surface area contributed by atoms with Crippen molar-refractivity contribution in [2.75, 3.05) is 27.2 Å². The Hall–Kier alpha value is -0.0400. The van der Waals surface area contributed by atoms with Gasteiger partial charge in [0.1, 0.15) is 0 Å². The minimum Gasteiger partial charge on any atom is -0.377 e. The van der Waals surface area contributed by atoms with E-state index in [0.29, 0.717) is 0 Å². The molecule has 0 amide bonds. The lowest BCUT2D eigenvalue weighted by atomic mass is 10.1. The molecule has 0 fully saturated rings. The van der Waals surface area contributed by atoms with Crippen LogP contribution in [0.1, 0.15) is 46.5 Å². The highest BCUT2D eigenvalue weighted by molar-refractivity contribution is 14.0. The smallest absolute Gasteiger partial charge is 0.191 e. The Balaban J connectivity index is 0. The van der Waals surface area contributed by atoms with Gasteiger partial charge in [-0.05, 0) is 20.3 Å². The van der Waals surface area contributed by atoms with Gasteiger partial charge < -0.3 is 15.4 Å². The molecule has 4 nitrogen and oxygen atoms in total. The Morgan fingerprint density at radius 1 is 1.17 bits per heavy atom. The third kappa shape index (κ3) is 11.1. The van der Waals surface area contributed by atoms with E-state index in [9.17, 15) is 0 Å². The molecule has 0 saturated carbocycles. The second kappa shape index (κ2) is 12.0. The molecule has 0 aromatic rings. The minimum absolute atomic E-state index is 0. The summed E-state index contributed by atoms with van der Waals surface area (Å²) in [6.07, 6.45) is 5.06. The largest absolute Gasteiger partial charge is 0.377 e. The van der Waals surface area contributed by atoms with Gasteiger partial charge in [0.05, 0.1) is 5.60 Å². The maximum atomic E-state index is 5.34. The van der Waals surface area contributed by atoms with E-state index in [1.165, 1.54) is 25.7 Å². The molecule has 0 saturated heterocycles. The fourth-order valence-corrected chi connectivity index (χ4v) is 1.35. The number of rotatable bonds is 8. The second-order valence-electron chi connectivity index (χ2n) is 4.88. The van der Waals surface area contributed by atoms with E-state index in [0.717, 1.165) is 19.0 Å². The van der Waals surface area contributed by atoms with E-state index in [4.69, 9.17) is 4.74 Å². The summed E-state index contributed by atoms with van der Waals surface area (Å²) in [5.74, 6) is 0.853. The Bertz CT molecular complexity index is 220. The molecule has 2 N–H and O–H groups in total. The predicted molar refractivity (Wildman–Crippen MR) is 90.0 cm³/mol. The van der Waals surface area contributed by atoms with Crippen molar-refractivity contribution in [3.8, 4) is 0 Å². The number of halogens is 1. The fourth-order valence-electron chi connectivity index (χ4n) is 1.35. The van der Waals surface area contributed by atoms with Crippen molar-refractivity contribution in [3.63, 3.8) is 0 Å². The predicted octanol–water partition coefficient (Wildman–Crippen LogP) is 2.77. The van der Waals surface area contributed by atoms with Crippen LogP contribution < -0.4 is 10.6 Å². The topological polar surface area (TPSA) is 45.7 Å². The molecule has 0 radical (unpaired) electrons. The molecule has 110 valence electrons. The lowest BCUT2D eigenvalue weighted by molar-refractivity contribution is 0.0268. The normalized spacial score (nSPS) is 11.9. The standard InChI is InChI=1S/C13H29N3O.HI/c1-6-7-8-9-10-15-12(14-4)16-11-13(2,3)17-5;/h6-11H2,1-5H3,(H2,14,15,16);1H. The third-order valence-electron chi connectivity index (χ3n) is 2.78. The van der Waals surface area contributed by atoms with Crippen LogP contribution in [0.4, 0.5) is 0 Å². The molecule has 0 bridgehead atoms. The van der Waals surface area contributed by atoms with E-state index in [1.807, 2.05) is 0 Å². The molecule has 0 aliphatic carbocycles. The number of nitrogens with zero attached hydrogens (tertiary/aromatic N) is 1. The molecule has 0 aromatic carbocycles. The van der Waals surface area contributed by atoms with Crippen LogP contribution in [0.15, 0.2) is 4.99 Å². The molecule has 0 aromatic heterocycles. The summed E-state index contributed by atoms with van der Waals surface area (Å²) in [7, 11) is 3.52. The van der Waals surface area contributed by atoms with Crippen LogP contribution in [0.3, 0.4) is 0 Å². The van der Waals surface area contributed by atoms with Gasteiger partial charge in [-0.1, -0.05) is 26.2 Å². The van der Waals surface area contributed by atoms with Crippen LogP contribution in [-0.4, -0.2) is 38.8 Å². The Morgan fingerprint density at radius 3 is 2.33 bits per heavy atom. The van der Waals surface area contributed by atoms with Crippen LogP contribution in [0, 0.1) is 0 Å². The average molecular weight is 371 g/mol. The summed E-state index contributed by atoms with van der Waals surface area (Å²) in [5, 5.41) is 6.57. The van der Waals surface area contributed by atoms with E-state index < -0.39 is 0 Å². The number of ether oxygens (including phenoxy) is 1. The highest BCUT2D eigenvalue weighted by atomic mass is 127. The zero-order chi connectivity index (χ0) is 13.1. The van der Waals surface area contributed by atoms with E-state index in [-0.39, 0.29) is 29.6 Å². The number of nitrogens with one attached hydrogen (secondary N) is 2. The van der Waals surface area contributed by atoms with Crippen molar-refractivity contribution in [2.24, 2.45) is 4.99 Å². The molecule has 0 unspecified atom stereocenters. The number of unbranched alkanes of at least 4 members (excludes halogenated alkanes) is 3. The van der Waals surface area contributed by atoms with Crippen molar-refractivity contribution in [2.45, 2.75) is 52.1 Å². The van der Waals surface area contributed by atoms with Crippen molar-refractivity contribution in [1.82, 2.24) is 10.6 Å². The summed E-state index contributed by atoms with van der Waals surface area (Å²) in [6.45, 7) is 8.05.